The summed E-state index contributed by atoms with van der Waals surface area (Å²) in [6.45, 7) is 2.11. The Bertz CT molecular complexity index is 1400. The zero-order chi connectivity index (χ0) is 22.4. The zero-order valence-corrected chi connectivity index (χ0v) is 17.6. The molecule has 3 N–H and O–H groups in total. The van der Waals surface area contributed by atoms with Crippen molar-refractivity contribution in [3.05, 3.63) is 69.7 Å². The smallest absolute Gasteiger partial charge is 0.338 e. The fourth-order valence-electron chi connectivity index (χ4n) is 4.11. The average Bonchev–Trinajstić information content (AvgIpc) is 3.46. The minimum absolute atomic E-state index is 0.0983. The van der Waals surface area contributed by atoms with Crippen LogP contribution in [0.4, 0.5) is 5.69 Å². The molecule has 0 aliphatic carbocycles. The van der Waals surface area contributed by atoms with Crippen molar-refractivity contribution in [2.45, 2.75) is 12.8 Å². The number of aromatic nitrogens is 3. The van der Waals surface area contributed by atoms with Crippen LogP contribution in [0.3, 0.4) is 0 Å². The van der Waals surface area contributed by atoms with Crippen molar-refractivity contribution >= 4 is 34.2 Å². The summed E-state index contributed by atoms with van der Waals surface area (Å²) >= 11 is 6.51. The summed E-state index contributed by atoms with van der Waals surface area (Å²) in [6, 6.07) is 11.4. The standard InChI is InChI=1S/C23H19ClN4O4/c24-18-10-19-17(9-16(18)13-3-5-15(6-4-13)27-7-1-2-8-27)21(29)20(22(30)26-19)28-12-14(11-25-28)23(31)32/h3-6,9-12H,1-2,7-8H2,(H,31,32)(H2,26,29,30). The third-order valence-electron chi connectivity index (χ3n) is 5.76. The van der Waals surface area contributed by atoms with Gasteiger partial charge in [0.25, 0.3) is 5.56 Å². The Hall–Kier alpha value is -3.78. The Morgan fingerprint density at radius 1 is 1.12 bits per heavy atom. The number of carboxylic acid groups (broad SMARTS) is 1. The molecule has 8 nitrogen and oxygen atoms in total. The lowest BCUT2D eigenvalue weighted by Crippen LogP contribution is -2.17. The molecule has 5 rings (SSSR count). The number of hydrogen-bond acceptors (Lipinski definition) is 5. The maximum Gasteiger partial charge on any atom is 0.338 e. The van der Waals surface area contributed by atoms with Crippen LogP contribution in [0.5, 0.6) is 5.75 Å². The zero-order valence-electron chi connectivity index (χ0n) is 16.9. The van der Waals surface area contributed by atoms with Gasteiger partial charge in [-0.3, -0.25) is 4.79 Å². The molecule has 1 aliphatic rings. The summed E-state index contributed by atoms with van der Waals surface area (Å²) in [4.78, 5) is 28.8. The molecule has 0 atom stereocenters. The van der Waals surface area contributed by atoms with Gasteiger partial charge in [0.2, 0.25) is 0 Å². The second kappa shape index (κ2) is 7.72. The van der Waals surface area contributed by atoms with Gasteiger partial charge in [0, 0.05) is 35.9 Å². The lowest BCUT2D eigenvalue weighted by Gasteiger charge is -2.18. The van der Waals surface area contributed by atoms with Crippen LogP contribution < -0.4 is 10.5 Å². The Morgan fingerprint density at radius 2 is 1.84 bits per heavy atom. The highest BCUT2D eigenvalue weighted by Crippen LogP contribution is 2.36. The van der Waals surface area contributed by atoms with E-state index in [4.69, 9.17) is 16.7 Å². The number of H-pyrrole nitrogens is 1. The first-order chi connectivity index (χ1) is 15.4. The second-order valence-corrected chi connectivity index (χ2v) is 8.16. The number of carboxylic acids is 1. The number of benzene rings is 2. The summed E-state index contributed by atoms with van der Waals surface area (Å²) in [5.41, 5.74) is 2.22. The van der Waals surface area contributed by atoms with Crippen LogP contribution in [-0.4, -0.2) is 44.0 Å². The van der Waals surface area contributed by atoms with E-state index in [0.29, 0.717) is 21.5 Å². The third-order valence-corrected chi connectivity index (χ3v) is 6.07. The number of nitrogens with zero attached hydrogens (tertiary/aromatic N) is 3. The fraction of sp³-hybridized carbons (Fsp3) is 0.174. The van der Waals surface area contributed by atoms with E-state index in [9.17, 15) is 14.7 Å². The molecule has 1 fully saturated rings. The van der Waals surface area contributed by atoms with E-state index in [0.717, 1.165) is 35.2 Å². The molecule has 0 unspecified atom stereocenters. The van der Waals surface area contributed by atoms with Crippen molar-refractivity contribution in [2.75, 3.05) is 18.0 Å². The predicted molar refractivity (Wildman–Crippen MR) is 122 cm³/mol. The number of aromatic amines is 1. The first kappa shape index (κ1) is 20.1. The molecule has 32 heavy (non-hydrogen) atoms. The molecular weight excluding hydrogens is 432 g/mol. The largest absolute Gasteiger partial charge is 0.505 e. The van der Waals surface area contributed by atoms with Gasteiger partial charge in [0.05, 0.1) is 22.3 Å². The molecule has 0 bridgehead atoms. The number of anilines is 1. The number of halogens is 1. The number of aromatic carboxylic acids is 1. The topological polar surface area (TPSA) is 111 Å². The quantitative estimate of drug-likeness (QED) is 0.432. The second-order valence-electron chi connectivity index (χ2n) is 7.75. The maximum atomic E-state index is 12.6. The Balaban J connectivity index is 1.61. The number of fused-ring (bicyclic) bond motifs is 1. The van der Waals surface area contributed by atoms with Gasteiger partial charge >= 0.3 is 5.97 Å². The lowest BCUT2D eigenvalue weighted by atomic mass is 10.0. The molecule has 1 aliphatic heterocycles. The predicted octanol–water partition coefficient (Wildman–Crippen LogP) is 4.04. The van der Waals surface area contributed by atoms with Crippen molar-refractivity contribution in [1.29, 1.82) is 0 Å². The molecule has 162 valence electrons. The van der Waals surface area contributed by atoms with Gasteiger partial charge < -0.3 is 20.1 Å². The van der Waals surface area contributed by atoms with Crippen molar-refractivity contribution in [3.8, 4) is 22.6 Å². The van der Waals surface area contributed by atoms with Gasteiger partial charge in [-0.15, -0.1) is 0 Å². The first-order valence-corrected chi connectivity index (χ1v) is 10.5. The van der Waals surface area contributed by atoms with Gasteiger partial charge in [0.1, 0.15) is 0 Å². The minimum Gasteiger partial charge on any atom is -0.505 e. The van der Waals surface area contributed by atoms with E-state index < -0.39 is 11.5 Å². The Morgan fingerprint density at radius 3 is 2.50 bits per heavy atom. The van der Waals surface area contributed by atoms with Crippen LogP contribution in [0.1, 0.15) is 23.2 Å². The minimum atomic E-state index is -1.18. The van der Waals surface area contributed by atoms with Crippen molar-refractivity contribution in [2.24, 2.45) is 0 Å². The molecule has 1 saturated heterocycles. The number of carbonyl (C=O) groups is 1. The van der Waals surface area contributed by atoms with Gasteiger partial charge in [-0.1, -0.05) is 23.7 Å². The molecular formula is C23H19ClN4O4. The van der Waals surface area contributed by atoms with Crippen LogP contribution in [0.25, 0.3) is 27.7 Å². The molecule has 0 amide bonds. The highest BCUT2D eigenvalue weighted by Gasteiger charge is 2.19. The molecule has 4 aromatic rings. The maximum absolute atomic E-state index is 12.6. The van der Waals surface area contributed by atoms with E-state index in [-0.39, 0.29) is 17.0 Å². The van der Waals surface area contributed by atoms with Gasteiger partial charge in [-0.25, -0.2) is 9.48 Å². The van der Waals surface area contributed by atoms with Gasteiger partial charge in [-0.05, 0) is 42.7 Å². The molecule has 0 saturated carbocycles. The molecule has 9 heteroatoms. The Kier molecular flexibility index (Phi) is 4.86. The number of aromatic hydroxyl groups is 1. The van der Waals surface area contributed by atoms with Crippen LogP contribution in [0.15, 0.2) is 53.6 Å². The van der Waals surface area contributed by atoms with Crippen LogP contribution >= 0.6 is 11.6 Å². The molecule has 0 radical (unpaired) electrons. The molecule has 2 aromatic carbocycles. The summed E-state index contributed by atoms with van der Waals surface area (Å²) in [5.74, 6) is -1.49. The van der Waals surface area contributed by atoms with E-state index in [1.54, 1.807) is 12.1 Å². The van der Waals surface area contributed by atoms with Crippen molar-refractivity contribution < 1.29 is 15.0 Å². The fourth-order valence-corrected chi connectivity index (χ4v) is 4.38. The molecule has 3 heterocycles. The highest BCUT2D eigenvalue weighted by molar-refractivity contribution is 6.34. The SMILES string of the molecule is O=C(O)c1cnn(-c2c(O)c3cc(-c4ccc(N5CCCC5)cc4)c(Cl)cc3[nH]c2=O)c1. The van der Waals surface area contributed by atoms with E-state index in [1.165, 1.54) is 19.0 Å². The van der Waals surface area contributed by atoms with E-state index >= 15 is 0 Å². The van der Waals surface area contributed by atoms with Crippen molar-refractivity contribution in [3.63, 3.8) is 0 Å². The van der Waals surface area contributed by atoms with Crippen molar-refractivity contribution in [1.82, 2.24) is 14.8 Å². The highest BCUT2D eigenvalue weighted by atomic mass is 35.5. The van der Waals surface area contributed by atoms with Crippen LogP contribution in [-0.2, 0) is 0 Å². The third kappa shape index (κ3) is 3.38. The summed E-state index contributed by atoms with van der Waals surface area (Å²) < 4.78 is 1.05. The first-order valence-electron chi connectivity index (χ1n) is 10.1. The monoisotopic (exact) mass is 450 g/mol. The molecule has 2 aromatic heterocycles. The number of hydrogen-bond donors (Lipinski definition) is 3. The van der Waals surface area contributed by atoms with Crippen LogP contribution in [0.2, 0.25) is 5.02 Å². The lowest BCUT2D eigenvalue weighted by molar-refractivity contribution is 0.0697. The molecule has 0 spiro atoms. The van der Waals surface area contributed by atoms with Gasteiger partial charge in [-0.2, -0.15) is 5.10 Å². The average molecular weight is 451 g/mol. The summed E-state index contributed by atoms with van der Waals surface area (Å²) in [5, 5.41) is 24.7. The Labute approximate surface area is 187 Å². The summed E-state index contributed by atoms with van der Waals surface area (Å²) in [6.07, 6.45) is 4.68. The van der Waals surface area contributed by atoms with Crippen LogP contribution in [0, 0.1) is 0 Å². The number of nitrogens with one attached hydrogen (secondary N) is 1. The van der Waals surface area contributed by atoms with Gasteiger partial charge in [0.15, 0.2) is 11.4 Å². The normalized spacial score (nSPS) is 13.7. The summed E-state index contributed by atoms with van der Waals surface area (Å²) in [7, 11) is 0. The number of rotatable bonds is 4. The van der Waals surface area contributed by atoms with E-state index in [1.807, 2.05) is 12.1 Å². The number of pyridine rings is 1. The van der Waals surface area contributed by atoms with E-state index in [2.05, 4.69) is 27.1 Å².